The van der Waals surface area contributed by atoms with Crippen LogP contribution >= 0.6 is 11.6 Å². The minimum Gasteiger partial charge on any atom is -0.478 e. The predicted molar refractivity (Wildman–Crippen MR) is 133 cm³/mol. The van der Waals surface area contributed by atoms with Crippen LogP contribution in [0.5, 0.6) is 0 Å². The number of piperazine rings is 1. The molecule has 0 spiro atoms. The number of halogens is 1. The van der Waals surface area contributed by atoms with Gasteiger partial charge in [0.05, 0.1) is 5.57 Å². The maximum Gasteiger partial charge on any atom is 0.336 e. The molecule has 0 unspecified atom stereocenters. The number of amides is 1. The average Bonchev–Trinajstić information content (AvgIpc) is 2.83. The minimum atomic E-state index is -1.15. The highest BCUT2D eigenvalue weighted by atomic mass is 35.5. The molecule has 1 aliphatic rings. The number of nitrogens with one attached hydrogen (secondary N) is 1. The smallest absolute Gasteiger partial charge is 0.336 e. The summed E-state index contributed by atoms with van der Waals surface area (Å²) in [6.07, 6.45) is 1.11. The first-order valence-electron chi connectivity index (χ1n) is 10.7. The molecule has 3 aromatic carbocycles. The Hall–Kier alpha value is -3.77. The van der Waals surface area contributed by atoms with Crippen LogP contribution in [0.1, 0.15) is 5.56 Å². The van der Waals surface area contributed by atoms with Crippen molar-refractivity contribution < 1.29 is 14.7 Å². The SMILES string of the molecule is O=C(C=C(C(=O)O)c1ccccc1)Nc1ccc(N2CCN(c3cccc(Cl)c3)CC2)cc1. The molecule has 0 aromatic heterocycles. The van der Waals surface area contributed by atoms with E-state index in [1.54, 1.807) is 30.3 Å². The summed E-state index contributed by atoms with van der Waals surface area (Å²) >= 11 is 6.11. The van der Waals surface area contributed by atoms with Gasteiger partial charge in [0.2, 0.25) is 5.91 Å². The Kier molecular flexibility index (Phi) is 6.95. The van der Waals surface area contributed by atoms with Gasteiger partial charge in [0.15, 0.2) is 0 Å². The number of carboxylic acids is 1. The molecule has 1 aliphatic heterocycles. The van der Waals surface area contributed by atoms with Crippen molar-refractivity contribution >= 4 is 46.1 Å². The lowest BCUT2D eigenvalue weighted by atomic mass is 10.1. The molecule has 0 bridgehead atoms. The van der Waals surface area contributed by atoms with Gasteiger partial charge < -0.3 is 20.2 Å². The van der Waals surface area contributed by atoms with Gasteiger partial charge in [-0.1, -0.05) is 48.0 Å². The van der Waals surface area contributed by atoms with E-state index in [9.17, 15) is 14.7 Å². The summed E-state index contributed by atoms with van der Waals surface area (Å²) in [4.78, 5) is 28.6. The highest BCUT2D eigenvalue weighted by Gasteiger charge is 2.18. The molecule has 7 heteroatoms. The van der Waals surface area contributed by atoms with Crippen molar-refractivity contribution in [1.82, 2.24) is 0 Å². The van der Waals surface area contributed by atoms with Crippen LogP contribution in [0, 0.1) is 0 Å². The monoisotopic (exact) mass is 461 g/mol. The number of benzene rings is 3. The van der Waals surface area contributed by atoms with Gasteiger partial charge in [-0.2, -0.15) is 0 Å². The van der Waals surface area contributed by atoms with Gasteiger partial charge in [-0.05, 0) is 48.0 Å². The number of carbonyl (C=O) groups excluding carboxylic acids is 1. The molecule has 2 N–H and O–H groups in total. The highest BCUT2D eigenvalue weighted by molar-refractivity contribution is 6.30. The highest BCUT2D eigenvalue weighted by Crippen LogP contribution is 2.24. The summed E-state index contributed by atoms with van der Waals surface area (Å²) in [6, 6.07) is 24.1. The Bertz CT molecular complexity index is 1150. The van der Waals surface area contributed by atoms with Gasteiger partial charge in [0.25, 0.3) is 0 Å². The van der Waals surface area contributed by atoms with Crippen LogP contribution in [0.3, 0.4) is 0 Å². The topological polar surface area (TPSA) is 72.9 Å². The lowest BCUT2D eigenvalue weighted by Gasteiger charge is -2.37. The Morgan fingerprint density at radius 1 is 0.818 bits per heavy atom. The first-order valence-corrected chi connectivity index (χ1v) is 11.0. The van der Waals surface area contributed by atoms with E-state index >= 15 is 0 Å². The number of aliphatic carboxylic acids is 1. The molecule has 0 saturated carbocycles. The number of anilines is 3. The molecule has 0 atom stereocenters. The second kappa shape index (κ2) is 10.2. The lowest BCUT2D eigenvalue weighted by molar-refractivity contribution is -0.130. The lowest BCUT2D eigenvalue weighted by Crippen LogP contribution is -2.46. The van der Waals surface area contributed by atoms with Gasteiger partial charge in [-0.15, -0.1) is 0 Å². The fourth-order valence-corrected chi connectivity index (χ4v) is 4.03. The van der Waals surface area contributed by atoms with Crippen molar-refractivity contribution in [3.8, 4) is 0 Å². The van der Waals surface area contributed by atoms with E-state index in [4.69, 9.17) is 11.6 Å². The number of nitrogens with zero attached hydrogens (tertiary/aromatic N) is 2. The van der Waals surface area contributed by atoms with Gasteiger partial charge in [0, 0.05) is 54.3 Å². The molecule has 6 nitrogen and oxygen atoms in total. The Morgan fingerprint density at radius 3 is 2.06 bits per heavy atom. The van der Waals surface area contributed by atoms with Crippen LogP contribution in [0.15, 0.2) is 84.9 Å². The molecule has 0 aliphatic carbocycles. The van der Waals surface area contributed by atoms with Gasteiger partial charge in [-0.25, -0.2) is 4.79 Å². The third-order valence-electron chi connectivity index (χ3n) is 5.54. The van der Waals surface area contributed by atoms with Crippen LogP contribution in [-0.2, 0) is 9.59 Å². The molecule has 1 heterocycles. The summed E-state index contributed by atoms with van der Waals surface area (Å²) in [5, 5.41) is 12.9. The molecule has 1 saturated heterocycles. The van der Waals surface area contributed by atoms with Crippen LogP contribution in [-0.4, -0.2) is 43.2 Å². The molecule has 4 rings (SSSR count). The minimum absolute atomic E-state index is 0.0534. The summed E-state index contributed by atoms with van der Waals surface area (Å²) in [6.45, 7) is 3.53. The Balaban J connectivity index is 1.36. The largest absolute Gasteiger partial charge is 0.478 e. The van der Waals surface area contributed by atoms with E-state index in [0.29, 0.717) is 11.3 Å². The molecule has 1 fully saturated rings. The zero-order valence-electron chi connectivity index (χ0n) is 17.9. The van der Waals surface area contributed by atoms with Crippen LogP contribution < -0.4 is 15.1 Å². The van der Waals surface area contributed by atoms with Gasteiger partial charge in [-0.3, -0.25) is 4.79 Å². The second-order valence-corrected chi connectivity index (χ2v) is 8.16. The third kappa shape index (κ3) is 5.73. The summed E-state index contributed by atoms with van der Waals surface area (Å²) in [7, 11) is 0. The fourth-order valence-electron chi connectivity index (χ4n) is 3.85. The quantitative estimate of drug-likeness (QED) is 0.517. The van der Waals surface area contributed by atoms with Gasteiger partial charge >= 0.3 is 5.97 Å². The van der Waals surface area contributed by atoms with E-state index in [1.807, 2.05) is 42.5 Å². The van der Waals surface area contributed by atoms with Crippen molar-refractivity contribution in [3.63, 3.8) is 0 Å². The maximum absolute atomic E-state index is 12.4. The predicted octanol–water partition coefficient (Wildman–Crippen LogP) is 4.77. The van der Waals surface area contributed by atoms with Gasteiger partial charge in [0.1, 0.15) is 0 Å². The van der Waals surface area contributed by atoms with E-state index in [-0.39, 0.29) is 5.57 Å². The van der Waals surface area contributed by atoms with Crippen LogP contribution in [0.4, 0.5) is 17.1 Å². The van der Waals surface area contributed by atoms with E-state index in [1.165, 1.54) is 0 Å². The molecule has 0 radical (unpaired) electrons. The number of hydrogen-bond donors (Lipinski definition) is 2. The first kappa shape index (κ1) is 22.4. The number of rotatable bonds is 6. The van der Waals surface area contributed by atoms with E-state index < -0.39 is 11.9 Å². The van der Waals surface area contributed by atoms with Crippen LogP contribution in [0.25, 0.3) is 5.57 Å². The van der Waals surface area contributed by atoms with Crippen LogP contribution in [0.2, 0.25) is 5.02 Å². The second-order valence-electron chi connectivity index (χ2n) is 7.72. The first-order chi connectivity index (χ1) is 16.0. The van der Waals surface area contributed by atoms with Crippen molar-refractivity contribution in [3.05, 3.63) is 95.5 Å². The standard InChI is InChI=1S/C26H24ClN3O3/c27-20-7-4-8-23(17-20)30-15-13-29(14-16-30)22-11-9-21(10-12-22)28-25(31)18-24(26(32)33)19-5-2-1-3-6-19/h1-12,17-18H,13-16H2,(H,28,31)(H,32,33). The van der Waals surface area contributed by atoms with E-state index in [0.717, 1.165) is 48.7 Å². The van der Waals surface area contributed by atoms with Crippen molar-refractivity contribution in [2.75, 3.05) is 41.3 Å². The van der Waals surface area contributed by atoms with Crippen molar-refractivity contribution in [2.45, 2.75) is 0 Å². The van der Waals surface area contributed by atoms with Crippen molar-refractivity contribution in [2.24, 2.45) is 0 Å². The Labute approximate surface area is 197 Å². The molecular weight excluding hydrogens is 438 g/mol. The third-order valence-corrected chi connectivity index (χ3v) is 5.78. The normalized spacial score (nSPS) is 14.2. The number of hydrogen-bond acceptors (Lipinski definition) is 4. The fraction of sp³-hybridized carbons (Fsp3) is 0.154. The maximum atomic E-state index is 12.4. The molecule has 168 valence electrons. The zero-order valence-corrected chi connectivity index (χ0v) is 18.7. The average molecular weight is 462 g/mol. The zero-order chi connectivity index (χ0) is 23.2. The summed E-state index contributed by atoms with van der Waals surface area (Å²) in [5.41, 5.74) is 3.24. The molecule has 1 amide bonds. The Morgan fingerprint density at radius 2 is 1.45 bits per heavy atom. The number of carboxylic acid groups (broad SMARTS) is 1. The van der Waals surface area contributed by atoms with Crippen molar-refractivity contribution in [1.29, 1.82) is 0 Å². The molecule has 3 aromatic rings. The summed E-state index contributed by atoms with van der Waals surface area (Å²) in [5.74, 6) is -1.64. The molecular formula is C26H24ClN3O3. The summed E-state index contributed by atoms with van der Waals surface area (Å²) < 4.78 is 0. The van der Waals surface area contributed by atoms with E-state index in [2.05, 4.69) is 21.2 Å². The number of carbonyl (C=O) groups is 2. The molecule has 33 heavy (non-hydrogen) atoms.